The smallest absolute Gasteiger partial charge is 0.126 e. The predicted octanol–water partition coefficient (Wildman–Crippen LogP) is 3.76. The molecule has 0 aliphatic heterocycles. The Morgan fingerprint density at radius 3 is 2.35 bits per heavy atom. The van der Waals surface area contributed by atoms with E-state index in [1.165, 1.54) is 0 Å². The molecule has 1 rings (SSSR count). The molecule has 0 aliphatic rings. The van der Waals surface area contributed by atoms with E-state index in [-0.39, 0.29) is 11.4 Å². The largest absolute Gasteiger partial charge is 0.312 e. The van der Waals surface area contributed by atoms with Crippen molar-refractivity contribution in [3.8, 4) is 0 Å². The van der Waals surface area contributed by atoms with Crippen LogP contribution in [0.1, 0.15) is 43.9 Å². The second-order valence-corrected chi connectivity index (χ2v) is 5.82. The number of nitrogens with one attached hydrogen (secondary N) is 1. The van der Waals surface area contributed by atoms with E-state index in [2.05, 4.69) is 32.2 Å². The zero-order chi connectivity index (χ0) is 13.1. The summed E-state index contributed by atoms with van der Waals surface area (Å²) in [5.41, 5.74) is 3.07. The van der Waals surface area contributed by atoms with Crippen LogP contribution in [0.5, 0.6) is 0 Å². The maximum atomic E-state index is 13.8. The molecule has 1 aromatic carbocycles. The van der Waals surface area contributed by atoms with Crippen molar-refractivity contribution in [2.45, 2.75) is 53.0 Å². The minimum atomic E-state index is -0.0572. The molecule has 1 nitrogen and oxygen atoms in total. The first kappa shape index (κ1) is 14.2. The Labute approximate surface area is 104 Å². The van der Waals surface area contributed by atoms with Gasteiger partial charge in [0.05, 0.1) is 0 Å². The van der Waals surface area contributed by atoms with Gasteiger partial charge in [0.25, 0.3) is 0 Å². The van der Waals surface area contributed by atoms with Gasteiger partial charge in [-0.1, -0.05) is 6.07 Å². The van der Waals surface area contributed by atoms with Crippen molar-refractivity contribution in [3.05, 3.63) is 34.6 Å². The molecule has 0 bridgehead atoms. The standard InChI is InChI=1S/C15H24FN/c1-11-9-12(2)13(14(16)10-11)7-6-8-17-15(3,4)5/h9-10,17H,6-8H2,1-5H3. The summed E-state index contributed by atoms with van der Waals surface area (Å²) >= 11 is 0. The fourth-order valence-electron chi connectivity index (χ4n) is 1.99. The highest BCUT2D eigenvalue weighted by Gasteiger charge is 2.09. The zero-order valence-electron chi connectivity index (χ0n) is 11.7. The Balaban J connectivity index is 2.53. The maximum absolute atomic E-state index is 13.8. The van der Waals surface area contributed by atoms with Crippen LogP contribution in [0, 0.1) is 19.7 Å². The van der Waals surface area contributed by atoms with E-state index in [9.17, 15) is 4.39 Å². The summed E-state index contributed by atoms with van der Waals surface area (Å²) in [6, 6.07) is 3.68. The molecule has 0 aromatic heterocycles. The molecule has 0 amide bonds. The molecule has 0 heterocycles. The maximum Gasteiger partial charge on any atom is 0.126 e. The Morgan fingerprint density at radius 2 is 1.82 bits per heavy atom. The number of halogens is 1. The summed E-state index contributed by atoms with van der Waals surface area (Å²) in [5.74, 6) is -0.0572. The molecule has 0 unspecified atom stereocenters. The third-order valence-electron chi connectivity index (χ3n) is 2.82. The number of hydrogen-bond acceptors (Lipinski definition) is 1. The number of benzene rings is 1. The monoisotopic (exact) mass is 237 g/mol. The molecular weight excluding hydrogens is 213 g/mol. The predicted molar refractivity (Wildman–Crippen MR) is 72.0 cm³/mol. The Kier molecular flexibility index (Phi) is 4.70. The van der Waals surface area contributed by atoms with E-state index >= 15 is 0 Å². The van der Waals surface area contributed by atoms with Gasteiger partial charge >= 0.3 is 0 Å². The first-order chi connectivity index (χ1) is 7.79. The van der Waals surface area contributed by atoms with Crippen LogP contribution < -0.4 is 5.32 Å². The molecule has 2 heteroatoms. The van der Waals surface area contributed by atoms with Crippen LogP contribution in [0.3, 0.4) is 0 Å². The van der Waals surface area contributed by atoms with Crippen LogP contribution >= 0.6 is 0 Å². The van der Waals surface area contributed by atoms with E-state index in [1.807, 2.05) is 13.8 Å². The second-order valence-electron chi connectivity index (χ2n) is 5.82. The van der Waals surface area contributed by atoms with Gasteiger partial charge in [-0.15, -0.1) is 0 Å². The number of rotatable bonds is 4. The van der Waals surface area contributed by atoms with Crippen LogP contribution in [0.25, 0.3) is 0 Å². The number of aryl methyl sites for hydroxylation is 2. The quantitative estimate of drug-likeness (QED) is 0.786. The molecule has 0 radical (unpaired) electrons. The van der Waals surface area contributed by atoms with Gasteiger partial charge in [-0.2, -0.15) is 0 Å². The van der Waals surface area contributed by atoms with Gasteiger partial charge in [-0.05, 0) is 76.8 Å². The lowest BCUT2D eigenvalue weighted by Crippen LogP contribution is -2.36. The molecule has 17 heavy (non-hydrogen) atoms. The first-order valence-corrected chi connectivity index (χ1v) is 6.30. The van der Waals surface area contributed by atoms with E-state index in [0.717, 1.165) is 36.1 Å². The van der Waals surface area contributed by atoms with Crippen LogP contribution in [-0.2, 0) is 6.42 Å². The highest BCUT2D eigenvalue weighted by atomic mass is 19.1. The third-order valence-corrected chi connectivity index (χ3v) is 2.82. The van der Waals surface area contributed by atoms with Crippen molar-refractivity contribution in [1.29, 1.82) is 0 Å². The lowest BCUT2D eigenvalue weighted by atomic mass is 10.0. The highest BCUT2D eigenvalue weighted by Crippen LogP contribution is 2.17. The van der Waals surface area contributed by atoms with Gasteiger partial charge in [0, 0.05) is 5.54 Å². The summed E-state index contributed by atoms with van der Waals surface area (Å²) in [6.07, 6.45) is 1.78. The Morgan fingerprint density at radius 1 is 1.18 bits per heavy atom. The van der Waals surface area contributed by atoms with Crippen molar-refractivity contribution in [2.75, 3.05) is 6.54 Å². The van der Waals surface area contributed by atoms with Crippen LogP contribution in [0.4, 0.5) is 4.39 Å². The summed E-state index contributed by atoms with van der Waals surface area (Å²) in [6.45, 7) is 11.3. The normalized spacial score (nSPS) is 11.9. The third kappa shape index (κ3) is 4.86. The van der Waals surface area contributed by atoms with E-state index in [1.54, 1.807) is 6.07 Å². The van der Waals surface area contributed by atoms with Crippen LogP contribution in [0.2, 0.25) is 0 Å². The molecule has 0 aliphatic carbocycles. The second kappa shape index (κ2) is 5.63. The first-order valence-electron chi connectivity index (χ1n) is 6.30. The van der Waals surface area contributed by atoms with Crippen molar-refractivity contribution in [3.63, 3.8) is 0 Å². The summed E-state index contributed by atoms with van der Waals surface area (Å²) in [7, 11) is 0. The zero-order valence-corrected chi connectivity index (χ0v) is 11.7. The molecule has 0 spiro atoms. The van der Waals surface area contributed by atoms with Gasteiger partial charge in [-0.25, -0.2) is 4.39 Å². The van der Waals surface area contributed by atoms with Crippen molar-refractivity contribution >= 4 is 0 Å². The van der Waals surface area contributed by atoms with Crippen molar-refractivity contribution < 1.29 is 4.39 Å². The SMILES string of the molecule is Cc1cc(C)c(CCCNC(C)(C)C)c(F)c1. The van der Waals surface area contributed by atoms with Crippen LogP contribution in [-0.4, -0.2) is 12.1 Å². The molecular formula is C15H24FN. The Bertz CT molecular complexity index is 354. The fraction of sp³-hybridized carbons (Fsp3) is 0.600. The van der Waals surface area contributed by atoms with E-state index in [0.29, 0.717) is 0 Å². The molecule has 0 saturated heterocycles. The lowest BCUT2D eigenvalue weighted by Gasteiger charge is -2.20. The fourth-order valence-corrected chi connectivity index (χ4v) is 1.99. The van der Waals surface area contributed by atoms with Gasteiger partial charge in [0.2, 0.25) is 0 Å². The lowest BCUT2D eigenvalue weighted by molar-refractivity contribution is 0.421. The van der Waals surface area contributed by atoms with Gasteiger partial charge < -0.3 is 5.32 Å². The molecule has 0 fully saturated rings. The minimum absolute atomic E-state index is 0.0572. The van der Waals surface area contributed by atoms with Crippen molar-refractivity contribution in [1.82, 2.24) is 5.32 Å². The average molecular weight is 237 g/mol. The minimum Gasteiger partial charge on any atom is -0.312 e. The van der Waals surface area contributed by atoms with Crippen molar-refractivity contribution in [2.24, 2.45) is 0 Å². The van der Waals surface area contributed by atoms with Gasteiger partial charge in [0.15, 0.2) is 0 Å². The summed E-state index contributed by atoms with van der Waals surface area (Å²) < 4.78 is 13.8. The Hall–Kier alpha value is -0.890. The average Bonchev–Trinajstić information content (AvgIpc) is 2.13. The molecule has 0 saturated carbocycles. The van der Waals surface area contributed by atoms with E-state index in [4.69, 9.17) is 0 Å². The highest BCUT2D eigenvalue weighted by molar-refractivity contribution is 5.32. The topological polar surface area (TPSA) is 12.0 Å². The summed E-state index contributed by atoms with van der Waals surface area (Å²) in [4.78, 5) is 0. The van der Waals surface area contributed by atoms with Gasteiger partial charge in [-0.3, -0.25) is 0 Å². The van der Waals surface area contributed by atoms with Crippen LogP contribution in [0.15, 0.2) is 12.1 Å². The van der Waals surface area contributed by atoms with E-state index < -0.39 is 0 Å². The molecule has 1 aromatic rings. The van der Waals surface area contributed by atoms with Gasteiger partial charge in [0.1, 0.15) is 5.82 Å². The number of hydrogen-bond donors (Lipinski definition) is 1. The molecule has 0 atom stereocenters. The molecule has 96 valence electrons. The molecule has 1 N–H and O–H groups in total. The summed E-state index contributed by atoms with van der Waals surface area (Å²) in [5, 5.41) is 3.42.